The largest absolute Gasteiger partial charge is 0.494 e. The van der Waals surface area contributed by atoms with Crippen LogP contribution in [0.25, 0.3) is 0 Å². The summed E-state index contributed by atoms with van der Waals surface area (Å²) in [5.41, 5.74) is 8.05. The normalized spacial score (nSPS) is 19.4. The molecule has 106 valence electrons. The van der Waals surface area contributed by atoms with Crippen LogP contribution in [-0.2, 0) is 0 Å². The van der Waals surface area contributed by atoms with Crippen molar-refractivity contribution in [1.82, 2.24) is 0 Å². The lowest BCUT2D eigenvalue weighted by molar-refractivity contribution is 0.216. The molecule has 1 aliphatic rings. The Labute approximate surface area is 124 Å². The van der Waals surface area contributed by atoms with Crippen LogP contribution in [0.1, 0.15) is 57.6 Å². The molecular formula is C16H24BrNO. The van der Waals surface area contributed by atoms with E-state index in [0.717, 1.165) is 22.2 Å². The van der Waals surface area contributed by atoms with Crippen molar-refractivity contribution in [3.63, 3.8) is 0 Å². The quantitative estimate of drug-likeness (QED) is 0.842. The van der Waals surface area contributed by atoms with Crippen LogP contribution in [0.15, 0.2) is 22.7 Å². The van der Waals surface area contributed by atoms with E-state index >= 15 is 0 Å². The Bertz CT molecular complexity index is 427. The smallest absolute Gasteiger partial charge is 0.124 e. The minimum Gasteiger partial charge on any atom is -0.494 e. The van der Waals surface area contributed by atoms with Crippen molar-refractivity contribution in [3.8, 4) is 5.75 Å². The number of nitrogens with two attached hydrogens (primary N) is 1. The molecule has 0 heterocycles. The number of hydrogen-bond acceptors (Lipinski definition) is 2. The average molecular weight is 326 g/mol. The molecule has 1 saturated carbocycles. The van der Waals surface area contributed by atoms with Gasteiger partial charge in [-0.3, -0.25) is 0 Å². The van der Waals surface area contributed by atoms with E-state index in [0.29, 0.717) is 6.61 Å². The Morgan fingerprint density at radius 1 is 1.32 bits per heavy atom. The zero-order valence-corrected chi connectivity index (χ0v) is 13.5. The SMILES string of the molecule is CCOc1ccc(Br)cc1C(N)C1(CC)CCCC1. The van der Waals surface area contributed by atoms with Crippen LogP contribution in [-0.4, -0.2) is 6.61 Å². The van der Waals surface area contributed by atoms with Gasteiger partial charge in [-0.2, -0.15) is 0 Å². The highest BCUT2D eigenvalue weighted by Gasteiger charge is 2.39. The van der Waals surface area contributed by atoms with E-state index in [9.17, 15) is 0 Å². The fourth-order valence-corrected chi connectivity index (χ4v) is 3.72. The molecule has 1 aliphatic carbocycles. The first-order chi connectivity index (χ1) is 9.13. The van der Waals surface area contributed by atoms with Gasteiger partial charge in [0.05, 0.1) is 6.61 Å². The molecule has 0 saturated heterocycles. The molecule has 19 heavy (non-hydrogen) atoms. The number of hydrogen-bond donors (Lipinski definition) is 1. The lowest BCUT2D eigenvalue weighted by atomic mass is 9.74. The number of halogens is 1. The summed E-state index contributed by atoms with van der Waals surface area (Å²) in [5, 5.41) is 0. The van der Waals surface area contributed by atoms with Gasteiger partial charge in [-0.05, 0) is 49.8 Å². The third-order valence-electron chi connectivity index (χ3n) is 4.57. The maximum absolute atomic E-state index is 6.64. The summed E-state index contributed by atoms with van der Waals surface area (Å²) in [6.45, 7) is 4.96. The summed E-state index contributed by atoms with van der Waals surface area (Å²) in [7, 11) is 0. The van der Waals surface area contributed by atoms with Crippen LogP contribution < -0.4 is 10.5 Å². The third-order valence-corrected chi connectivity index (χ3v) is 5.06. The first kappa shape index (κ1) is 14.9. The highest BCUT2D eigenvalue weighted by Crippen LogP contribution is 2.50. The molecular weight excluding hydrogens is 302 g/mol. The Hall–Kier alpha value is -0.540. The van der Waals surface area contributed by atoms with Crippen LogP contribution in [0.3, 0.4) is 0 Å². The first-order valence-electron chi connectivity index (χ1n) is 7.31. The lowest BCUT2D eigenvalue weighted by Gasteiger charge is -2.35. The molecule has 0 aliphatic heterocycles. The Kier molecular flexibility index (Phi) is 4.91. The standard InChI is InChI=1S/C16H24BrNO/c1-3-16(9-5-6-10-16)15(18)13-11-12(17)7-8-14(13)19-4-2/h7-8,11,15H,3-6,9-10,18H2,1-2H3. The highest BCUT2D eigenvalue weighted by atomic mass is 79.9. The topological polar surface area (TPSA) is 35.2 Å². The summed E-state index contributed by atoms with van der Waals surface area (Å²) in [5.74, 6) is 0.943. The van der Waals surface area contributed by atoms with E-state index in [1.807, 2.05) is 19.1 Å². The molecule has 1 unspecified atom stereocenters. The van der Waals surface area contributed by atoms with E-state index in [4.69, 9.17) is 10.5 Å². The third kappa shape index (κ3) is 2.97. The maximum Gasteiger partial charge on any atom is 0.124 e. The Balaban J connectivity index is 2.36. The number of rotatable bonds is 5. The van der Waals surface area contributed by atoms with Crippen LogP contribution in [0.2, 0.25) is 0 Å². The van der Waals surface area contributed by atoms with E-state index in [1.54, 1.807) is 0 Å². The van der Waals surface area contributed by atoms with Gasteiger partial charge in [0.15, 0.2) is 0 Å². The van der Waals surface area contributed by atoms with Crippen molar-refractivity contribution < 1.29 is 4.74 Å². The fraction of sp³-hybridized carbons (Fsp3) is 0.625. The molecule has 0 amide bonds. The second-order valence-electron chi connectivity index (χ2n) is 5.52. The molecule has 0 spiro atoms. The van der Waals surface area contributed by atoms with Crippen LogP contribution >= 0.6 is 15.9 Å². The summed E-state index contributed by atoms with van der Waals surface area (Å²) < 4.78 is 6.84. The van der Waals surface area contributed by atoms with Gasteiger partial charge in [0.25, 0.3) is 0 Å². The summed E-state index contributed by atoms with van der Waals surface area (Å²) in [4.78, 5) is 0. The van der Waals surface area contributed by atoms with Crippen molar-refractivity contribution in [2.24, 2.45) is 11.1 Å². The van der Waals surface area contributed by atoms with Crippen molar-refractivity contribution in [1.29, 1.82) is 0 Å². The van der Waals surface area contributed by atoms with Gasteiger partial charge in [0.1, 0.15) is 5.75 Å². The highest BCUT2D eigenvalue weighted by molar-refractivity contribution is 9.10. The monoisotopic (exact) mass is 325 g/mol. The van der Waals surface area contributed by atoms with Crippen LogP contribution in [0.5, 0.6) is 5.75 Å². The first-order valence-corrected chi connectivity index (χ1v) is 8.10. The van der Waals surface area contributed by atoms with Gasteiger partial charge in [-0.1, -0.05) is 35.7 Å². The summed E-state index contributed by atoms with van der Waals surface area (Å²) >= 11 is 3.55. The second kappa shape index (κ2) is 6.27. The van der Waals surface area contributed by atoms with Crippen LogP contribution in [0.4, 0.5) is 0 Å². The van der Waals surface area contributed by atoms with E-state index in [-0.39, 0.29) is 11.5 Å². The second-order valence-corrected chi connectivity index (χ2v) is 6.43. The summed E-state index contributed by atoms with van der Waals surface area (Å²) in [6.07, 6.45) is 6.23. The Morgan fingerprint density at radius 2 is 2.00 bits per heavy atom. The molecule has 3 heteroatoms. The molecule has 2 rings (SSSR count). The van der Waals surface area contributed by atoms with Crippen molar-refractivity contribution in [3.05, 3.63) is 28.2 Å². The molecule has 1 aromatic carbocycles. The zero-order valence-electron chi connectivity index (χ0n) is 11.9. The number of ether oxygens (including phenoxy) is 1. The molecule has 2 N–H and O–H groups in total. The molecule has 2 nitrogen and oxygen atoms in total. The van der Waals surface area contributed by atoms with E-state index in [1.165, 1.54) is 25.7 Å². The van der Waals surface area contributed by atoms with E-state index in [2.05, 4.69) is 28.9 Å². The van der Waals surface area contributed by atoms with Gasteiger partial charge < -0.3 is 10.5 Å². The molecule has 0 radical (unpaired) electrons. The maximum atomic E-state index is 6.64. The minimum absolute atomic E-state index is 0.0686. The average Bonchev–Trinajstić information content (AvgIpc) is 2.90. The molecule has 0 aromatic heterocycles. The predicted molar refractivity (Wildman–Crippen MR) is 83.4 cm³/mol. The van der Waals surface area contributed by atoms with Crippen LogP contribution in [0, 0.1) is 5.41 Å². The molecule has 1 atom stereocenters. The predicted octanol–water partition coefficient (Wildman–Crippen LogP) is 4.82. The van der Waals surface area contributed by atoms with Gasteiger partial charge in [0.2, 0.25) is 0 Å². The van der Waals surface area contributed by atoms with Crippen molar-refractivity contribution in [2.45, 2.75) is 52.0 Å². The fourth-order valence-electron chi connectivity index (χ4n) is 3.34. The number of benzene rings is 1. The van der Waals surface area contributed by atoms with Gasteiger partial charge >= 0.3 is 0 Å². The van der Waals surface area contributed by atoms with E-state index < -0.39 is 0 Å². The minimum atomic E-state index is 0.0686. The molecule has 1 fully saturated rings. The zero-order chi connectivity index (χ0) is 13.9. The van der Waals surface area contributed by atoms with Crippen molar-refractivity contribution >= 4 is 15.9 Å². The summed E-state index contributed by atoms with van der Waals surface area (Å²) in [6, 6.07) is 6.25. The Morgan fingerprint density at radius 3 is 2.58 bits per heavy atom. The molecule has 0 bridgehead atoms. The van der Waals surface area contributed by atoms with Gasteiger partial charge in [-0.25, -0.2) is 0 Å². The molecule has 1 aromatic rings. The van der Waals surface area contributed by atoms with Gasteiger partial charge in [-0.15, -0.1) is 0 Å². The van der Waals surface area contributed by atoms with Gasteiger partial charge in [0, 0.05) is 16.1 Å². The lowest BCUT2D eigenvalue weighted by Crippen LogP contribution is -2.32. The van der Waals surface area contributed by atoms with Crippen molar-refractivity contribution in [2.75, 3.05) is 6.61 Å².